The van der Waals surface area contributed by atoms with Crippen LogP contribution in [0.3, 0.4) is 0 Å². The van der Waals surface area contributed by atoms with Crippen LogP contribution in [0.1, 0.15) is 21.5 Å². The number of nitrogens with zero attached hydrogens (tertiary/aromatic N) is 1. The lowest BCUT2D eigenvalue weighted by atomic mass is 10.0. The third kappa shape index (κ3) is 1.59. The summed E-state index contributed by atoms with van der Waals surface area (Å²) < 4.78 is 0. The molecule has 0 unspecified atom stereocenters. The molecular weight excluding hydrogens is 168 g/mol. The van der Waals surface area contributed by atoms with Gasteiger partial charge in [0.2, 0.25) is 0 Å². The van der Waals surface area contributed by atoms with E-state index < -0.39 is 5.97 Å². The number of hydrogen-bond acceptors (Lipinski definition) is 3. The molecule has 1 rings (SSSR count). The van der Waals surface area contributed by atoms with E-state index in [4.69, 9.17) is 16.1 Å². The molecular formula is C9H8N2O2. The van der Waals surface area contributed by atoms with Crippen LogP contribution in [0.4, 0.5) is 5.69 Å². The van der Waals surface area contributed by atoms with E-state index in [1.807, 2.05) is 0 Å². The Morgan fingerprint density at radius 2 is 2.23 bits per heavy atom. The van der Waals surface area contributed by atoms with Gasteiger partial charge in [0.25, 0.3) is 0 Å². The number of carboxylic acids is 1. The van der Waals surface area contributed by atoms with Gasteiger partial charge in [0.1, 0.15) is 6.07 Å². The molecule has 4 heteroatoms. The van der Waals surface area contributed by atoms with Crippen LogP contribution in [-0.2, 0) is 0 Å². The van der Waals surface area contributed by atoms with Crippen molar-refractivity contribution in [1.82, 2.24) is 0 Å². The molecule has 13 heavy (non-hydrogen) atoms. The maximum Gasteiger partial charge on any atom is 0.337 e. The number of carboxylic acid groups (broad SMARTS) is 1. The van der Waals surface area contributed by atoms with Gasteiger partial charge in [0.15, 0.2) is 0 Å². The molecule has 1 aromatic carbocycles. The summed E-state index contributed by atoms with van der Waals surface area (Å²) in [6.45, 7) is 1.61. The Labute approximate surface area is 75.2 Å². The van der Waals surface area contributed by atoms with E-state index in [0.29, 0.717) is 11.3 Å². The molecule has 1 aromatic rings. The van der Waals surface area contributed by atoms with Gasteiger partial charge < -0.3 is 10.8 Å². The average molecular weight is 176 g/mol. The zero-order valence-corrected chi connectivity index (χ0v) is 7.03. The van der Waals surface area contributed by atoms with Crippen molar-refractivity contribution in [3.8, 4) is 6.07 Å². The zero-order valence-electron chi connectivity index (χ0n) is 7.03. The fourth-order valence-corrected chi connectivity index (χ4v) is 1.19. The van der Waals surface area contributed by atoms with Gasteiger partial charge in [-0.15, -0.1) is 0 Å². The molecule has 66 valence electrons. The molecule has 3 N–H and O–H groups in total. The molecule has 0 radical (unpaired) electrons. The van der Waals surface area contributed by atoms with Crippen LogP contribution in [0.15, 0.2) is 12.1 Å². The fourth-order valence-electron chi connectivity index (χ4n) is 1.19. The summed E-state index contributed by atoms with van der Waals surface area (Å²) in [4.78, 5) is 10.7. The monoisotopic (exact) mass is 176 g/mol. The maximum atomic E-state index is 10.7. The van der Waals surface area contributed by atoms with Crippen molar-refractivity contribution >= 4 is 11.7 Å². The Kier molecular flexibility index (Phi) is 2.20. The lowest BCUT2D eigenvalue weighted by Gasteiger charge is -2.03. The molecule has 0 heterocycles. The summed E-state index contributed by atoms with van der Waals surface area (Å²) in [5.41, 5.74) is 6.49. The van der Waals surface area contributed by atoms with Gasteiger partial charge in [0.05, 0.1) is 11.1 Å². The molecule has 0 saturated heterocycles. The van der Waals surface area contributed by atoms with Crippen LogP contribution in [0.5, 0.6) is 0 Å². The van der Waals surface area contributed by atoms with Crippen LogP contribution < -0.4 is 5.73 Å². The number of nitriles is 1. The van der Waals surface area contributed by atoms with Crippen molar-refractivity contribution in [2.24, 2.45) is 0 Å². The molecule has 0 fully saturated rings. The number of hydrogen-bond donors (Lipinski definition) is 2. The second-order valence-electron chi connectivity index (χ2n) is 2.68. The van der Waals surface area contributed by atoms with Gasteiger partial charge in [-0.1, -0.05) is 0 Å². The van der Waals surface area contributed by atoms with Crippen LogP contribution in [-0.4, -0.2) is 11.1 Å². The Bertz CT molecular complexity index is 405. The van der Waals surface area contributed by atoms with Crippen molar-refractivity contribution in [2.45, 2.75) is 6.92 Å². The Morgan fingerprint density at radius 3 is 2.69 bits per heavy atom. The number of nitrogen functional groups attached to an aromatic ring is 1. The quantitative estimate of drug-likeness (QED) is 0.628. The Morgan fingerprint density at radius 1 is 1.62 bits per heavy atom. The van der Waals surface area contributed by atoms with Crippen LogP contribution >= 0.6 is 0 Å². The average Bonchev–Trinajstić information content (AvgIpc) is 2.01. The summed E-state index contributed by atoms with van der Waals surface area (Å²) in [5, 5.41) is 17.4. The van der Waals surface area contributed by atoms with E-state index in [1.165, 1.54) is 12.1 Å². The summed E-state index contributed by atoms with van der Waals surface area (Å²) in [6.07, 6.45) is 0. The molecule has 0 saturated carbocycles. The Balaban J connectivity index is 3.50. The number of rotatable bonds is 1. The van der Waals surface area contributed by atoms with E-state index in [0.717, 1.165) is 0 Å². The SMILES string of the molecule is Cc1cc(N)cc(C#N)c1C(=O)O. The molecule has 0 spiro atoms. The number of aromatic carboxylic acids is 1. The first kappa shape index (κ1) is 9.07. The van der Waals surface area contributed by atoms with Crippen molar-refractivity contribution in [2.75, 3.05) is 5.73 Å². The lowest BCUT2D eigenvalue weighted by Crippen LogP contribution is -2.04. The highest BCUT2D eigenvalue weighted by Crippen LogP contribution is 2.17. The van der Waals surface area contributed by atoms with Crippen LogP contribution in [0.25, 0.3) is 0 Å². The number of carbonyl (C=O) groups is 1. The van der Waals surface area contributed by atoms with Gasteiger partial charge >= 0.3 is 5.97 Å². The van der Waals surface area contributed by atoms with Gasteiger partial charge in [-0.3, -0.25) is 0 Å². The molecule has 0 aliphatic heterocycles. The van der Waals surface area contributed by atoms with E-state index in [2.05, 4.69) is 0 Å². The van der Waals surface area contributed by atoms with E-state index in [-0.39, 0.29) is 11.1 Å². The first-order valence-electron chi connectivity index (χ1n) is 3.59. The predicted octanol–water partition coefficient (Wildman–Crippen LogP) is 1.15. The number of nitrogens with two attached hydrogens (primary N) is 1. The lowest BCUT2D eigenvalue weighted by molar-refractivity contribution is 0.0696. The number of aryl methyl sites for hydroxylation is 1. The normalized spacial score (nSPS) is 9.23. The predicted molar refractivity (Wildman–Crippen MR) is 47.3 cm³/mol. The number of benzene rings is 1. The topological polar surface area (TPSA) is 87.1 Å². The Hall–Kier alpha value is -2.02. The van der Waals surface area contributed by atoms with Gasteiger partial charge in [-0.25, -0.2) is 4.79 Å². The van der Waals surface area contributed by atoms with Crippen molar-refractivity contribution < 1.29 is 9.90 Å². The molecule has 4 nitrogen and oxygen atoms in total. The zero-order chi connectivity index (χ0) is 10.0. The van der Waals surface area contributed by atoms with E-state index in [9.17, 15) is 4.79 Å². The molecule has 0 aliphatic rings. The summed E-state index contributed by atoms with van der Waals surface area (Å²) in [5.74, 6) is -1.10. The first-order chi connectivity index (χ1) is 6.06. The second kappa shape index (κ2) is 3.15. The van der Waals surface area contributed by atoms with Gasteiger partial charge in [-0.05, 0) is 24.6 Å². The molecule has 0 aliphatic carbocycles. The summed E-state index contributed by atoms with van der Waals surface area (Å²) in [6, 6.07) is 4.69. The second-order valence-corrected chi connectivity index (χ2v) is 2.68. The minimum Gasteiger partial charge on any atom is -0.478 e. The van der Waals surface area contributed by atoms with Crippen molar-refractivity contribution in [3.05, 3.63) is 28.8 Å². The van der Waals surface area contributed by atoms with Crippen LogP contribution in [0.2, 0.25) is 0 Å². The standard InChI is InChI=1S/C9H8N2O2/c1-5-2-7(11)3-6(4-10)8(5)9(12)13/h2-3H,11H2,1H3,(H,12,13). The third-order valence-electron chi connectivity index (χ3n) is 1.69. The van der Waals surface area contributed by atoms with Crippen molar-refractivity contribution in [3.63, 3.8) is 0 Å². The molecule has 0 bridgehead atoms. The highest BCUT2D eigenvalue weighted by molar-refractivity contribution is 5.93. The fraction of sp³-hybridized carbons (Fsp3) is 0.111. The highest BCUT2D eigenvalue weighted by Gasteiger charge is 2.13. The maximum absolute atomic E-state index is 10.7. The van der Waals surface area contributed by atoms with E-state index >= 15 is 0 Å². The van der Waals surface area contributed by atoms with Crippen molar-refractivity contribution in [1.29, 1.82) is 5.26 Å². The number of anilines is 1. The van der Waals surface area contributed by atoms with Crippen LogP contribution in [0, 0.1) is 18.3 Å². The highest BCUT2D eigenvalue weighted by atomic mass is 16.4. The molecule has 0 aromatic heterocycles. The van der Waals surface area contributed by atoms with Gasteiger partial charge in [-0.2, -0.15) is 5.26 Å². The third-order valence-corrected chi connectivity index (χ3v) is 1.69. The summed E-state index contributed by atoms with van der Waals surface area (Å²) in [7, 11) is 0. The summed E-state index contributed by atoms with van der Waals surface area (Å²) >= 11 is 0. The minimum atomic E-state index is -1.10. The minimum absolute atomic E-state index is 0.0247. The largest absolute Gasteiger partial charge is 0.478 e. The molecule has 0 amide bonds. The van der Waals surface area contributed by atoms with E-state index in [1.54, 1.807) is 13.0 Å². The molecule has 0 atom stereocenters. The first-order valence-corrected chi connectivity index (χ1v) is 3.59. The smallest absolute Gasteiger partial charge is 0.337 e. The van der Waals surface area contributed by atoms with Gasteiger partial charge in [0, 0.05) is 5.69 Å².